The van der Waals surface area contributed by atoms with Crippen molar-refractivity contribution in [3.05, 3.63) is 87.9 Å². The Labute approximate surface area is 226 Å². The van der Waals surface area contributed by atoms with Gasteiger partial charge < -0.3 is 21.1 Å². The molecule has 0 saturated heterocycles. The number of benzene rings is 3. The van der Waals surface area contributed by atoms with Gasteiger partial charge in [0.2, 0.25) is 0 Å². The quantitative estimate of drug-likeness (QED) is 0.243. The molecule has 0 radical (unpaired) electrons. The first-order chi connectivity index (χ1) is 17.6. The van der Waals surface area contributed by atoms with Gasteiger partial charge in [-0.05, 0) is 73.6 Å². The molecule has 0 aliphatic heterocycles. The molecule has 4 N–H and O–H groups in total. The molecule has 1 aromatic heterocycles. The van der Waals surface area contributed by atoms with E-state index < -0.39 is 22.8 Å². The predicted octanol–water partition coefficient (Wildman–Crippen LogP) is 6.28. The van der Waals surface area contributed by atoms with Crippen LogP contribution in [0.25, 0.3) is 10.9 Å². The smallest absolute Gasteiger partial charge is 0.417 e. The number of carbonyl (C=O) groups is 1. The molecule has 0 aliphatic rings. The number of hydrogen-bond donors (Lipinski definition) is 3. The molecule has 4 rings (SSSR count). The summed E-state index contributed by atoms with van der Waals surface area (Å²) in [4.78, 5) is 29.3. The van der Waals surface area contributed by atoms with Gasteiger partial charge in [0, 0.05) is 17.9 Å². The monoisotopic (exact) mass is 567 g/mol. The maximum absolute atomic E-state index is 13.0. The highest BCUT2D eigenvalue weighted by molar-refractivity contribution is 6.31. The molecule has 200 valence electrons. The zero-order valence-electron chi connectivity index (χ0n) is 19.6. The maximum Gasteiger partial charge on any atom is 0.417 e. The number of aryl methyl sites for hydroxylation is 1. The molecule has 0 saturated carbocycles. The first kappa shape index (κ1) is 28.8. The zero-order valence-corrected chi connectivity index (χ0v) is 21.2. The van der Waals surface area contributed by atoms with Crippen molar-refractivity contribution >= 4 is 52.3 Å². The second kappa shape index (κ2) is 12.2. The van der Waals surface area contributed by atoms with Gasteiger partial charge in [0.25, 0.3) is 5.56 Å². The lowest BCUT2D eigenvalue weighted by atomic mass is 10.2. The summed E-state index contributed by atoms with van der Waals surface area (Å²) in [6, 6.07) is 13.6. The Morgan fingerprint density at radius 2 is 1.66 bits per heavy atom. The first-order valence-electron chi connectivity index (χ1n) is 11.1. The zero-order chi connectivity index (χ0) is 26.6. The Kier molecular flexibility index (Phi) is 9.21. The molecule has 0 aliphatic carbocycles. The number of carbonyl (C=O) groups excluding carboxylic acids is 1. The lowest BCUT2D eigenvalue weighted by Gasteiger charge is -2.13. The van der Waals surface area contributed by atoms with Crippen LogP contribution in [-0.2, 0) is 12.7 Å². The molecule has 0 atom stereocenters. The third-order valence-electron chi connectivity index (χ3n) is 5.28. The predicted molar refractivity (Wildman–Crippen MR) is 143 cm³/mol. The van der Waals surface area contributed by atoms with Crippen molar-refractivity contribution in [2.45, 2.75) is 19.1 Å². The molecular formula is C25H22Cl2F3N5O3. The molecule has 1 heterocycles. The van der Waals surface area contributed by atoms with Crippen LogP contribution in [0.4, 0.5) is 29.3 Å². The minimum absolute atomic E-state index is 0. The lowest BCUT2D eigenvalue weighted by molar-refractivity contribution is -0.137. The molecule has 2 amide bonds. The van der Waals surface area contributed by atoms with Gasteiger partial charge in [-0.1, -0.05) is 11.6 Å². The fourth-order valence-electron chi connectivity index (χ4n) is 3.48. The molecule has 4 aromatic rings. The minimum Gasteiger partial charge on any atom is -0.457 e. The first-order valence-corrected chi connectivity index (χ1v) is 11.4. The summed E-state index contributed by atoms with van der Waals surface area (Å²) in [5.41, 5.74) is 5.12. The highest BCUT2D eigenvalue weighted by atomic mass is 35.5. The number of urea groups is 1. The standard InChI is InChI=1S/C25H21ClF3N5O3.ClH/c26-21-8-4-16(12-20(21)25(27,28)29)33-24(36)32-15-2-5-17(6-3-15)37-18-7-9-22-19(13-18)23(35)34(14-31-22)11-1-10-30;/h2-9,12-14H,1,10-11,30H2,(H2,32,33,36);1H. The average Bonchev–Trinajstić information content (AvgIpc) is 2.85. The van der Waals surface area contributed by atoms with E-state index in [-0.39, 0.29) is 23.7 Å². The van der Waals surface area contributed by atoms with Crippen LogP contribution in [0, 0.1) is 0 Å². The Balaban J connectivity index is 0.00000400. The number of nitrogens with one attached hydrogen (secondary N) is 2. The topological polar surface area (TPSA) is 111 Å². The molecule has 0 bridgehead atoms. The van der Waals surface area contributed by atoms with E-state index in [1.165, 1.54) is 17.0 Å². The van der Waals surface area contributed by atoms with E-state index in [4.69, 9.17) is 22.1 Å². The van der Waals surface area contributed by atoms with Gasteiger partial charge >= 0.3 is 12.2 Å². The molecule has 3 aromatic carbocycles. The van der Waals surface area contributed by atoms with Crippen molar-refractivity contribution in [1.29, 1.82) is 0 Å². The Hall–Kier alpha value is -3.80. The van der Waals surface area contributed by atoms with Crippen molar-refractivity contribution in [3.63, 3.8) is 0 Å². The fourth-order valence-corrected chi connectivity index (χ4v) is 3.70. The molecule has 0 fully saturated rings. The van der Waals surface area contributed by atoms with E-state index in [1.807, 2.05) is 0 Å². The van der Waals surface area contributed by atoms with Gasteiger partial charge in [0.1, 0.15) is 11.5 Å². The Morgan fingerprint density at radius 3 is 2.34 bits per heavy atom. The van der Waals surface area contributed by atoms with E-state index in [9.17, 15) is 22.8 Å². The minimum atomic E-state index is -4.65. The Morgan fingerprint density at radius 1 is 1.00 bits per heavy atom. The normalized spacial score (nSPS) is 11.1. The number of nitrogens with zero attached hydrogens (tertiary/aromatic N) is 2. The van der Waals surface area contributed by atoms with Gasteiger partial charge in [-0.2, -0.15) is 13.2 Å². The summed E-state index contributed by atoms with van der Waals surface area (Å²) < 4.78 is 46.4. The molecule has 0 unspecified atom stereocenters. The van der Waals surface area contributed by atoms with E-state index in [2.05, 4.69) is 15.6 Å². The van der Waals surface area contributed by atoms with E-state index in [1.54, 1.807) is 42.5 Å². The molecular weight excluding hydrogens is 546 g/mol. The van der Waals surface area contributed by atoms with Crippen molar-refractivity contribution in [2.75, 3.05) is 17.2 Å². The van der Waals surface area contributed by atoms with Crippen molar-refractivity contribution < 1.29 is 22.7 Å². The number of nitrogens with two attached hydrogens (primary N) is 1. The van der Waals surface area contributed by atoms with Gasteiger partial charge in [-0.15, -0.1) is 12.4 Å². The van der Waals surface area contributed by atoms with Gasteiger partial charge in [0.15, 0.2) is 0 Å². The third kappa shape index (κ3) is 6.94. The number of rotatable bonds is 7. The summed E-state index contributed by atoms with van der Waals surface area (Å²) >= 11 is 5.60. The highest BCUT2D eigenvalue weighted by Crippen LogP contribution is 2.36. The number of anilines is 2. The van der Waals surface area contributed by atoms with Gasteiger partial charge in [0.05, 0.1) is 27.8 Å². The third-order valence-corrected chi connectivity index (χ3v) is 5.61. The molecule has 8 nitrogen and oxygen atoms in total. The average molecular weight is 568 g/mol. The number of aromatic nitrogens is 2. The van der Waals surface area contributed by atoms with Crippen LogP contribution in [-0.4, -0.2) is 22.1 Å². The molecule has 38 heavy (non-hydrogen) atoms. The van der Waals surface area contributed by atoms with Gasteiger partial charge in [-0.3, -0.25) is 9.36 Å². The number of alkyl halides is 3. The van der Waals surface area contributed by atoms with E-state index in [0.717, 1.165) is 12.1 Å². The van der Waals surface area contributed by atoms with E-state index in [0.29, 0.717) is 47.6 Å². The number of hydrogen-bond acceptors (Lipinski definition) is 5. The lowest BCUT2D eigenvalue weighted by Crippen LogP contribution is -2.21. The molecule has 0 spiro atoms. The fraction of sp³-hybridized carbons (Fsp3) is 0.160. The molecule has 13 heteroatoms. The van der Waals surface area contributed by atoms with Crippen LogP contribution >= 0.6 is 24.0 Å². The number of ether oxygens (including phenoxy) is 1. The SMILES string of the molecule is Cl.NCCCn1cnc2ccc(Oc3ccc(NC(=O)Nc4ccc(Cl)c(C(F)(F)F)c4)cc3)cc2c1=O. The second-order valence-corrected chi connectivity index (χ2v) is 8.37. The largest absolute Gasteiger partial charge is 0.457 e. The van der Waals surface area contributed by atoms with Crippen LogP contribution in [0.2, 0.25) is 5.02 Å². The summed E-state index contributed by atoms with van der Waals surface area (Å²) in [6.45, 7) is 0.924. The van der Waals surface area contributed by atoms with Gasteiger partial charge in [-0.25, -0.2) is 9.78 Å². The summed E-state index contributed by atoms with van der Waals surface area (Å²) in [5, 5.41) is 4.81. The number of halogens is 5. The van der Waals surface area contributed by atoms with Crippen LogP contribution in [0.3, 0.4) is 0 Å². The highest BCUT2D eigenvalue weighted by Gasteiger charge is 2.33. The number of fused-ring (bicyclic) bond motifs is 1. The van der Waals surface area contributed by atoms with Crippen LogP contribution < -0.4 is 26.7 Å². The second-order valence-electron chi connectivity index (χ2n) is 7.96. The van der Waals surface area contributed by atoms with Crippen molar-refractivity contribution in [3.8, 4) is 11.5 Å². The Bertz CT molecular complexity index is 1490. The van der Waals surface area contributed by atoms with Crippen LogP contribution in [0.1, 0.15) is 12.0 Å². The van der Waals surface area contributed by atoms with Crippen LogP contribution in [0.5, 0.6) is 11.5 Å². The van der Waals surface area contributed by atoms with Crippen LogP contribution in [0.15, 0.2) is 71.8 Å². The maximum atomic E-state index is 13.0. The van der Waals surface area contributed by atoms with Crippen molar-refractivity contribution in [2.24, 2.45) is 5.73 Å². The summed E-state index contributed by atoms with van der Waals surface area (Å²) in [7, 11) is 0. The summed E-state index contributed by atoms with van der Waals surface area (Å²) in [5.74, 6) is 0.856. The summed E-state index contributed by atoms with van der Waals surface area (Å²) in [6.07, 6.45) is -2.51. The van der Waals surface area contributed by atoms with Crippen molar-refractivity contribution in [1.82, 2.24) is 9.55 Å². The number of amides is 2. The van der Waals surface area contributed by atoms with E-state index >= 15 is 0 Å².